The first-order chi connectivity index (χ1) is 13.9. The second-order valence-corrected chi connectivity index (χ2v) is 10.5. The molecule has 1 N–H and O–H groups in total. The van der Waals surface area contributed by atoms with Crippen LogP contribution in [0.2, 0.25) is 0 Å². The molecule has 0 saturated heterocycles. The van der Waals surface area contributed by atoms with Crippen LogP contribution >= 0.6 is 0 Å². The Balaban J connectivity index is 0. The van der Waals surface area contributed by atoms with Crippen LogP contribution in [-0.2, 0) is 10.1 Å². The van der Waals surface area contributed by atoms with Gasteiger partial charge in [-0.25, -0.2) is 8.42 Å². The molecule has 0 aliphatic heterocycles. The first-order valence-corrected chi connectivity index (χ1v) is 14.0. The van der Waals surface area contributed by atoms with Crippen LogP contribution in [0.4, 0.5) is 0 Å². The number of unbranched alkanes of at least 4 members (excludes halogenated alkanes) is 14. The maximum atomic E-state index is 11.0. The fraction of sp³-hybridized carbons (Fsp3) is 1.00. The van der Waals surface area contributed by atoms with Gasteiger partial charge in [-0.15, -0.1) is 0 Å². The van der Waals surface area contributed by atoms with Crippen molar-refractivity contribution < 1.29 is 47.6 Å². The summed E-state index contributed by atoms with van der Waals surface area (Å²) in [5, 5.41) is 9.39. The molecule has 0 saturated carbocycles. The summed E-state index contributed by atoms with van der Waals surface area (Å²) >= 11 is 0. The minimum Gasteiger partial charge on any atom is -0.748 e. The molecule has 176 valence electrons. The van der Waals surface area contributed by atoms with Gasteiger partial charge in [0.15, 0.2) is 0 Å². The molecular weight excluding hydrogens is 407 g/mol. The first kappa shape index (κ1) is 33.0. The zero-order valence-corrected chi connectivity index (χ0v) is 23.2. The van der Waals surface area contributed by atoms with Gasteiger partial charge in [-0.3, -0.25) is 0 Å². The van der Waals surface area contributed by atoms with Crippen LogP contribution in [0, 0.1) is 0 Å². The van der Waals surface area contributed by atoms with E-state index in [0.29, 0.717) is 12.8 Å². The van der Waals surface area contributed by atoms with Crippen LogP contribution in [0.3, 0.4) is 0 Å². The molecule has 0 bridgehead atoms. The van der Waals surface area contributed by atoms with Crippen molar-refractivity contribution in [2.45, 2.75) is 154 Å². The van der Waals surface area contributed by atoms with E-state index in [-0.39, 0.29) is 35.7 Å². The summed E-state index contributed by atoms with van der Waals surface area (Å²) in [4.78, 5) is 0. The van der Waals surface area contributed by atoms with Gasteiger partial charge in [0.25, 0.3) is 0 Å². The number of aliphatic hydroxyl groups excluding tert-OH is 1. The summed E-state index contributed by atoms with van der Waals surface area (Å²) in [6, 6.07) is 0. The zero-order chi connectivity index (χ0) is 21.8. The number of hydrogen-bond acceptors (Lipinski definition) is 4. The molecule has 0 fully saturated rings. The molecule has 0 aromatic carbocycles. The molecule has 2 atom stereocenters. The van der Waals surface area contributed by atoms with E-state index in [1.165, 1.54) is 57.8 Å². The van der Waals surface area contributed by atoms with E-state index in [1.54, 1.807) is 6.92 Å². The van der Waals surface area contributed by atoms with Crippen LogP contribution in [0.15, 0.2) is 0 Å². The monoisotopic (exact) mass is 456 g/mol. The fourth-order valence-electron chi connectivity index (χ4n) is 4.02. The summed E-state index contributed by atoms with van der Waals surface area (Å²) in [7, 11) is -4.12. The van der Waals surface area contributed by atoms with Crippen LogP contribution in [-0.4, -0.2) is 29.4 Å². The van der Waals surface area contributed by atoms with Gasteiger partial charge in [-0.05, 0) is 25.7 Å². The fourth-order valence-corrected chi connectivity index (χ4v) is 4.89. The molecule has 0 aromatic rings. The topological polar surface area (TPSA) is 77.4 Å². The number of aliphatic hydroxyl groups is 1. The summed E-state index contributed by atoms with van der Waals surface area (Å²) in [5.74, 6) is 0. The SMILES string of the molecule is CCCCCCCCCCCCC(O)CCCCCCCCC(CC)S(=O)(=O)[O-].[Na+]. The van der Waals surface area contributed by atoms with Crippen molar-refractivity contribution in [1.29, 1.82) is 0 Å². The predicted molar refractivity (Wildman–Crippen MR) is 123 cm³/mol. The summed E-state index contributed by atoms with van der Waals surface area (Å²) < 4.78 is 33.1. The van der Waals surface area contributed by atoms with E-state index in [9.17, 15) is 18.1 Å². The average Bonchev–Trinajstić information content (AvgIpc) is 2.67. The molecule has 0 aromatic heterocycles. The minimum atomic E-state index is -4.12. The van der Waals surface area contributed by atoms with Gasteiger partial charge < -0.3 is 9.66 Å². The number of hydrogen-bond donors (Lipinski definition) is 1. The largest absolute Gasteiger partial charge is 1.00 e. The van der Waals surface area contributed by atoms with Gasteiger partial charge in [0.05, 0.1) is 16.2 Å². The molecule has 0 amide bonds. The third-order valence-corrected chi connectivity index (χ3v) is 7.45. The van der Waals surface area contributed by atoms with Gasteiger partial charge in [-0.1, -0.05) is 117 Å². The van der Waals surface area contributed by atoms with Crippen molar-refractivity contribution in [2.24, 2.45) is 0 Å². The third kappa shape index (κ3) is 22.1. The van der Waals surface area contributed by atoms with Gasteiger partial charge in [-0.2, -0.15) is 0 Å². The normalized spacial score (nSPS) is 13.7. The number of rotatable bonds is 22. The molecule has 6 heteroatoms. The van der Waals surface area contributed by atoms with Crippen molar-refractivity contribution in [3.05, 3.63) is 0 Å². The maximum Gasteiger partial charge on any atom is 1.00 e. The van der Waals surface area contributed by atoms with Gasteiger partial charge in [0.2, 0.25) is 0 Å². The van der Waals surface area contributed by atoms with Gasteiger partial charge in [0, 0.05) is 5.25 Å². The predicted octanol–water partition coefficient (Wildman–Crippen LogP) is 4.11. The molecule has 0 heterocycles. The average molecular weight is 457 g/mol. The van der Waals surface area contributed by atoms with E-state index in [2.05, 4.69) is 6.92 Å². The van der Waals surface area contributed by atoms with Gasteiger partial charge in [0.1, 0.15) is 0 Å². The molecule has 0 aliphatic carbocycles. The van der Waals surface area contributed by atoms with Crippen LogP contribution < -0.4 is 29.6 Å². The Hall–Kier alpha value is 0.870. The molecule has 30 heavy (non-hydrogen) atoms. The maximum absolute atomic E-state index is 11.0. The Morgan fingerprint density at radius 1 is 0.633 bits per heavy atom. The summed E-state index contributed by atoms with van der Waals surface area (Å²) in [6.45, 7) is 4.02. The van der Waals surface area contributed by atoms with Crippen molar-refractivity contribution in [3.8, 4) is 0 Å². The van der Waals surface area contributed by atoms with E-state index < -0.39 is 15.4 Å². The van der Waals surface area contributed by atoms with Crippen molar-refractivity contribution in [3.63, 3.8) is 0 Å². The van der Waals surface area contributed by atoms with Crippen LogP contribution in [0.5, 0.6) is 0 Å². The van der Waals surface area contributed by atoms with E-state index in [1.807, 2.05) is 0 Å². The molecule has 0 aliphatic rings. The molecule has 0 rings (SSSR count). The Morgan fingerprint density at radius 3 is 1.30 bits per heavy atom. The molecule has 0 spiro atoms. The van der Waals surface area contributed by atoms with Crippen molar-refractivity contribution >= 4 is 10.1 Å². The molecule has 0 radical (unpaired) electrons. The molecular formula is C24H49NaO4S. The summed E-state index contributed by atoms with van der Waals surface area (Å²) in [5.41, 5.74) is 0. The van der Waals surface area contributed by atoms with Crippen molar-refractivity contribution in [2.75, 3.05) is 0 Å². The third-order valence-electron chi connectivity index (χ3n) is 6.07. The Kier molecular flexibility index (Phi) is 25.4. The van der Waals surface area contributed by atoms with E-state index in [0.717, 1.165) is 57.8 Å². The van der Waals surface area contributed by atoms with Crippen LogP contribution in [0.25, 0.3) is 0 Å². The smallest absolute Gasteiger partial charge is 0.748 e. The summed E-state index contributed by atoms with van der Waals surface area (Å²) in [6.07, 6.45) is 22.2. The second kappa shape index (κ2) is 23.0. The van der Waals surface area contributed by atoms with E-state index in [4.69, 9.17) is 0 Å². The van der Waals surface area contributed by atoms with Crippen molar-refractivity contribution in [1.82, 2.24) is 0 Å². The van der Waals surface area contributed by atoms with Gasteiger partial charge >= 0.3 is 29.6 Å². The van der Waals surface area contributed by atoms with E-state index >= 15 is 0 Å². The zero-order valence-electron chi connectivity index (χ0n) is 20.4. The Labute approximate surface area is 210 Å². The minimum absolute atomic E-state index is 0. The Morgan fingerprint density at radius 2 is 0.967 bits per heavy atom. The Bertz CT molecular complexity index is 442. The standard InChI is InChI=1S/C24H50O4S.Na/c1-3-5-6-7-8-9-10-11-14-17-20-23(25)21-18-15-12-13-16-19-22-24(4-2)29(26,27)28;/h23-25H,3-22H2,1-2H3,(H,26,27,28);/q;+1/p-1. The van der Waals surface area contributed by atoms with Crippen LogP contribution in [0.1, 0.15) is 142 Å². The molecule has 4 nitrogen and oxygen atoms in total. The molecule has 2 unspecified atom stereocenters. The quantitative estimate of drug-likeness (QED) is 0.151. The first-order valence-electron chi connectivity index (χ1n) is 12.5. The second-order valence-electron chi connectivity index (χ2n) is 8.85.